The molecule has 0 saturated heterocycles. The van der Waals surface area contributed by atoms with E-state index in [2.05, 4.69) is 15.6 Å². The molecule has 0 radical (unpaired) electrons. The fourth-order valence-corrected chi connectivity index (χ4v) is 4.30. The van der Waals surface area contributed by atoms with Crippen molar-refractivity contribution < 1.29 is 23.5 Å². The van der Waals surface area contributed by atoms with Gasteiger partial charge in [0.2, 0.25) is 5.91 Å². The van der Waals surface area contributed by atoms with E-state index < -0.39 is 6.04 Å². The summed E-state index contributed by atoms with van der Waals surface area (Å²) >= 11 is 6.15. The molecule has 1 aliphatic rings. The van der Waals surface area contributed by atoms with Crippen molar-refractivity contribution in [3.63, 3.8) is 0 Å². The van der Waals surface area contributed by atoms with Crippen LogP contribution in [0.2, 0.25) is 5.02 Å². The first-order chi connectivity index (χ1) is 17.9. The van der Waals surface area contributed by atoms with Gasteiger partial charge in [-0.2, -0.15) is 0 Å². The van der Waals surface area contributed by atoms with Crippen LogP contribution in [-0.2, 0) is 11.2 Å². The standard InChI is InChI=1S/C27H29ClN4O5/c1-18-25(30-17-37-18)27(35)32-12-6-5-11-29-26(34)22-14-20(28)9-10-23(22)36-16-21(31-24(33)15-32)13-19-7-3-2-4-8-19/h2-4,7-10,14,17,21H,5-6,11-13,15-16H2,1H3,(H,29,34)(H,31,33)/t21-/m0/s1. The molecule has 37 heavy (non-hydrogen) atoms. The van der Waals surface area contributed by atoms with E-state index in [9.17, 15) is 14.4 Å². The molecule has 4 rings (SSSR count). The molecule has 1 aliphatic heterocycles. The Morgan fingerprint density at radius 1 is 1.16 bits per heavy atom. The summed E-state index contributed by atoms with van der Waals surface area (Å²) < 4.78 is 11.2. The molecular weight excluding hydrogens is 496 g/mol. The van der Waals surface area contributed by atoms with Crippen LogP contribution in [0, 0.1) is 6.92 Å². The highest BCUT2D eigenvalue weighted by Gasteiger charge is 2.25. The predicted molar refractivity (Wildman–Crippen MR) is 138 cm³/mol. The first-order valence-electron chi connectivity index (χ1n) is 12.1. The SMILES string of the molecule is Cc1ocnc1C(=O)N1CCCCNC(=O)c2cc(Cl)ccc2OC[C@H](Cc2ccccc2)NC(=O)C1. The number of aromatic nitrogens is 1. The lowest BCUT2D eigenvalue weighted by molar-refractivity contribution is -0.122. The molecule has 0 spiro atoms. The zero-order valence-electron chi connectivity index (χ0n) is 20.5. The number of nitrogens with zero attached hydrogens (tertiary/aromatic N) is 2. The Bertz CT molecular complexity index is 1250. The third-order valence-corrected chi connectivity index (χ3v) is 6.26. The van der Waals surface area contributed by atoms with Crippen molar-refractivity contribution in [2.45, 2.75) is 32.2 Å². The second kappa shape index (κ2) is 12.4. The van der Waals surface area contributed by atoms with Crippen LogP contribution in [0.5, 0.6) is 5.75 Å². The van der Waals surface area contributed by atoms with E-state index in [4.69, 9.17) is 20.8 Å². The lowest BCUT2D eigenvalue weighted by Crippen LogP contribution is -2.47. The minimum absolute atomic E-state index is 0.110. The molecule has 1 aromatic heterocycles. The van der Waals surface area contributed by atoms with E-state index in [0.717, 1.165) is 5.56 Å². The molecule has 0 aliphatic carbocycles. The number of halogens is 1. The number of benzene rings is 2. The average molecular weight is 525 g/mol. The van der Waals surface area contributed by atoms with E-state index in [-0.39, 0.29) is 36.6 Å². The first-order valence-corrected chi connectivity index (χ1v) is 12.5. The van der Waals surface area contributed by atoms with Crippen LogP contribution in [0.15, 0.2) is 59.3 Å². The molecule has 10 heteroatoms. The molecule has 2 aromatic carbocycles. The van der Waals surface area contributed by atoms with E-state index in [1.165, 1.54) is 11.3 Å². The van der Waals surface area contributed by atoms with Crippen LogP contribution in [0.4, 0.5) is 0 Å². The molecule has 0 unspecified atom stereocenters. The van der Waals surface area contributed by atoms with Gasteiger partial charge < -0.3 is 24.7 Å². The van der Waals surface area contributed by atoms with Crippen molar-refractivity contribution in [1.29, 1.82) is 0 Å². The van der Waals surface area contributed by atoms with Crippen LogP contribution in [0.1, 0.15) is 45.0 Å². The van der Waals surface area contributed by atoms with Crippen LogP contribution >= 0.6 is 11.6 Å². The summed E-state index contributed by atoms with van der Waals surface area (Å²) in [4.78, 5) is 44.6. The number of rotatable bonds is 3. The highest BCUT2D eigenvalue weighted by molar-refractivity contribution is 6.31. The molecule has 2 N–H and O–H groups in total. The second-order valence-corrected chi connectivity index (χ2v) is 9.29. The monoisotopic (exact) mass is 524 g/mol. The minimum Gasteiger partial charge on any atom is -0.491 e. The van der Waals surface area contributed by atoms with Gasteiger partial charge in [0, 0.05) is 18.1 Å². The average Bonchev–Trinajstić information content (AvgIpc) is 3.32. The van der Waals surface area contributed by atoms with Crippen molar-refractivity contribution in [3.05, 3.63) is 82.5 Å². The molecule has 194 valence electrons. The van der Waals surface area contributed by atoms with Crippen LogP contribution in [0.25, 0.3) is 0 Å². The molecule has 2 heterocycles. The highest BCUT2D eigenvalue weighted by atomic mass is 35.5. The third kappa shape index (κ3) is 7.10. The predicted octanol–water partition coefficient (Wildman–Crippen LogP) is 3.41. The molecule has 0 bridgehead atoms. The zero-order chi connectivity index (χ0) is 26.2. The lowest BCUT2D eigenvalue weighted by atomic mass is 10.1. The van der Waals surface area contributed by atoms with Gasteiger partial charge in [0.05, 0.1) is 18.2 Å². The quantitative estimate of drug-likeness (QED) is 0.543. The molecule has 0 saturated carbocycles. The summed E-state index contributed by atoms with van der Waals surface area (Å²) in [7, 11) is 0. The number of hydrogen-bond acceptors (Lipinski definition) is 6. The van der Waals surface area contributed by atoms with Gasteiger partial charge in [-0.15, -0.1) is 0 Å². The number of ether oxygens (including phenoxy) is 1. The van der Waals surface area contributed by atoms with E-state index in [1.807, 2.05) is 30.3 Å². The molecule has 3 amide bonds. The summed E-state index contributed by atoms with van der Waals surface area (Å²) in [6.07, 6.45) is 2.88. The van der Waals surface area contributed by atoms with E-state index in [1.54, 1.807) is 25.1 Å². The Kier molecular flexibility index (Phi) is 8.79. The lowest BCUT2D eigenvalue weighted by Gasteiger charge is -2.24. The van der Waals surface area contributed by atoms with Crippen molar-refractivity contribution in [2.24, 2.45) is 0 Å². The van der Waals surface area contributed by atoms with Gasteiger partial charge in [-0.3, -0.25) is 14.4 Å². The second-order valence-electron chi connectivity index (χ2n) is 8.85. The number of carbonyl (C=O) groups is 3. The Morgan fingerprint density at radius 3 is 2.73 bits per heavy atom. The van der Waals surface area contributed by atoms with Crippen molar-refractivity contribution in [3.8, 4) is 5.75 Å². The largest absolute Gasteiger partial charge is 0.491 e. The van der Waals surface area contributed by atoms with Crippen LogP contribution in [0.3, 0.4) is 0 Å². The number of amides is 3. The van der Waals surface area contributed by atoms with Gasteiger partial charge in [0.25, 0.3) is 11.8 Å². The Hall–Kier alpha value is -3.85. The van der Waals surface area contributed by atoms with Crippen LogP contribution < -0.4 is 15.4 Å². The number of carbonyl (C=O) groups excluding carboxylic acids is 3. The molecule has 1 atom stereocenters. The number of nitrogens with one attached hydrogen (secondary N) is 2. The van der Waals surface area contributed by atoms with Crippen molar-refractivity contribution in [2.75, 3.05) is 26.2 Å². The van der Waals surface area contributed by atoms with E-state index in [0.29, 0.717) is 54.4 Å². The smallest absolute Gasteiger partial charge is 0.276 e. The summed E-state index contributed by atoms with van der Waals surface area (Å²) in [5, 5.41) is 6.31. The van der Waals surface area contributed by atoms with Gasteiger partial charge in [-0.1, -0.05) is 41.9 Å². The van der Waals surface area contributed by atoms with E-state index >= 15 is 0 Å². The number of hydrogen-bond donors (Lipinski definition) is 2. The number of aryl methyl sites for hydroxylation is 1. The molecule has 3 aromatic rings. The third-order valence-electron chi connectivity index (χ3n) is 6.03. The van der Waals surface area contributed by atoms with Gasteiger partial charge in [0.15, 0.2) is 12.1 Å². The summed E-state index contributed by atoms with van der Waals surface area (Å²) in [5.74, 6) is -0.239. The normalized spacial score (nSPS) is 17.5. The fraction of sp³-hybridized carbons (Fsp3) is 0.333. The Morgan fingerprint density at radius 2 is 1.97 bits per heavy atom. The van der Waals surface area contributed by atoms with Gasteiger partial charge in [0.1, 0.15) is 18.1 Å². The maximum Gasteiger partial charge on any atom is 0.276 e. The maximum absolute atomic E-state index is 13.1. The topological polar surface area (TPSA) is 114 Å². The summed E-state index contributed by atoms with van der Waals surface area (Å²) in [6.45, 7) is 2.32. The zero-order valence-corrected chi connectivity index (χ0v) is 21.3. The van der Waals surface area contributed by atoms with Crippen LogP contribution in [-0.4, -0.2) is 59.9 Å². The number of fused-ring (bicyclic) bond motifs is 1. The van der Waals surface area contributed by atoms with Gasteiger partial charge >= 0.3 is 0 Å². The summed E-state index contributed by atoms with van der Waals surface area (Å²) in [6, 6.07) is 14.1. The Balaban J connectivity index is 1.58. The van der Waals surface area contributed by atoms with Gasteiger partial charge in [-0.25, -0.2) is 4.98 Å². The minimum atomic E-state index is -0.419. The fourth-order valence-electron chi connectivity index (χ4n) is 4.13. The molecule has 0 fully saturated rings. The van der Waals surface area contributed by atoms with Crippen molar-refractivity contribution in [1.82, 2.24) is 20.5 Å². The summed E-state index contributed by atoms with van der Waals surface area (Å²) in [5.41, 5.74) is 1.51. The Labute approximate surface area is 220 Å². The molecule has 9 nitrogen and oxygen atoms in total. The van der Waals surface area contributed by atoms with Crippen molar-refractivity contribution >= 4 is 29.3 Å². The molecular formula is C27H29ClN4O5. The highest BCUT2D eigenvalue weighted by Crippen LogP contribution is 2.23. The first kappa shape index (κ1) is 26.2. The maximum atomic E-state index is 13.1. The van der Waals surface area contributed by atoms with Gasteiger partial charge in [-0.05, 0) is 49.9 Å². The number of oxazole rings is 1.